The highest BCUT2D eigenvalue weighted by Crippen LogP contribution is 2.29. The van der Waals surface area contributed by atoms with Crippen LogP contribution in [-0.4, -0.2) is 15.0 Å². The van der Waals surface area contributed by atoms with Crippen LogP contribution in [-0.2, 0) is 25.7 Å². The Morgan fingerprint density at radius 2 is 1.33 bits per heavy atom. The summed E-state index contributed by atoms with van der Waals surface area (Å²) in [7, 11) is 0. The van der Waals surface area contributed by atoms with Crippen molar-refractivity contribution in [2.45, 2.75) is 25.7 Å². The van der Waals surface area contributed by atoms with Gasteiger partial charge in [-0.15, -0.1) is 5.10 Å². The number of benzene rings is 3. The van der Waals surface area contributed by atoms with Crippen molar-refractivity contribution < 1.29 is 0 Å². The minimum atomic E-state index is 1.01. The number of nitrogens with zero attached hydrogens (tertiary/aromatic N) is 3. The van der Waals surface area contributed by atoms with Gasteiger partial charge in [0.15, 0.2) is 0 Å². The van der Waals surface area contributed by atoms with Crippen LogP contribution in [0.25, 0.3) is 16.9 Å². The molecule has 0 fully saturated rings. The summed E-state index contributed by atoms with van der Waals surface area (Å²) < 4.78 is 1.95. The van der Waals surface area contributed by atoms with Crippen LogP contribution in [0.4, 0.5) is 0 Å². The van der Waals surface area contributed by atoms with Crippen molar-refractivity contribution in [3.63, 3.8) is 0 Å². The lowest BCUT2D eigenvalue weighted by Gasteiger charge is -2.15. The summed E-state index contributed by atoms with van der Waals surface area (Å²) in [4.78, 5) is 0. The van der Waals surface area contributed by atoms with Crippen LogP contribution in [0.3, 0.4) is 0 Å². The second kappa shape index (κ2) is 6.84. The van der Waals surface area contributed by atoms with E-state index in [4.69, 9.17) is 0 Å². The second-order valence-corrected chi connectivity index (χ2v) is 7.17. The number of hydrogen-bond acceptors (Lipinski definition) is 2. The van der Waals surface area contributed by atoms with E-state index in [-0.39, 0.29) is 0 Å². The van der Waals surface area contributed by atoms with Gasteiger partial charge in [0, 0.05) is 5.56 Å². The molecule has 3 nitrogen and oxygen atoms in total. The number of para-hydroxylation sites is 1. The molecule has 0 radical (unpaired) electrons. The van der Waals surface area contributed by atoms with Gasteiger partial charge < -0.3 is 0 Å². The van der Waals surface area contributed by atoms with Gasteiger partial charge in [-0.1, -0.05) is 59.8 Å². The van der Waals surface area contributed by atoms with Crippen LogP contribution in [0.15, 0.2) is 79.0 Å². The summed E-state index contributed by atoms with van der Waals surface area (Å²) in [6.45, 7) is 0. The number of rotatable bonds is 2. The van der Waals surface area contributed by atoms with Crippen molar-refractivity contribution in [2.24, 2.45) is 0 Å². The normalized spacial score (nSPS) is 13.3. The molecule has 4 bridgehead atoms. The van der Waals surface area contributed by atoms with Crippen molar-refractivity contribution in [3.8, 4) is 16.9 Å². The fourth-order valence-corrected chi connectivity index (χ4v) is 3.85. The largest absolute Gasteiger partial charge is 0.213 e. The molecule has 3 aromatic carbocycles. The Morgan fingerprint density at radius 1 is 0.667 bits per heavy atom. The molecular weight excluding hydrogens is 330 g/mol. The van der Waals surface area contributed by atoms with Crippen LogP contribution in [0.1, 0.15) is 22.3 Å². The first-order valence-electron chi connectivity index (χ1n) is 9.53. The van der Waals surface area contributed by atoms with E-state index >= 15 is 0 Å². The standard InChI is InChI=1S/C24H21N3/c1-2-4-22(5-3-1)27-24(17-25-26-27)23-16-20-11-10-18-6-8-19(9-7-18)12-14-21(23)15-13-20/h1-9,13,15-17H,10-12,14H2. The quantitative estimate of drug-likeness (QED) is 0.518. The SMILES string of the molecule is c1ccc(-n2nncc2-c2cc3ccc2CCc2ccc(cc2)CC3)cc1. The van der Waals surface area contributed by atoms with Gasteiger partial charge in [0.1, 0.15) is 0 Å². The molecule has 3 heteroatoms. The van der Waals surface area contributed by atoms with Crippen molar-refractivity contribution in [1.82, 2.24) is 15.0 Å². The zero-order chi connectivity index (χ0) is 18.1. The summed E-state index contributed by atoms with van der Waals surface area (Å²) in [6.07, 6.45) is 6.04. The zero-order valence-electron chi connectivity index (χ0n) is 15.2. The van der Waals surface area contributed by atoms with Crippen LogP contribution in [0, 0.1) is 0 Å². The minimum Gasteiger partial charge on any atom is -0.213 e. The molecule has 4 aromatic rings. The number of aromatic nitrogens is 3. The average molecular weight is 351 g/mol. The van der Waals surface area contributed by atoms with Gasteiger partial charge in [0.25, 0.3) is 0 Å². The molecule has 0 saturated carbocycles. The van der Waals surface area contributed by atoms with Crippen LogP contribution in [0.5, 0.6) is 0 Å². The molecule has 0 amide bonds. The van der Waals surface area contributed by atoms with Gasteiger partial charge in [-0.3, -0.25) is 0 Å². The Morgan fingerprint density at radius 3 is 2.11 bits per heavy atom. The maximum Gasteiger partial charge on any atom is 0.0947 e. The molecular formula is C24H21N3. The molecule has 0 saturated heterocycles. The maximum atomic E-state index is 4.36. The maximum absolute atomic E-state index is 4.36. The third-order valence-corrected chi connectivity index (χ3v) is 5.41. The molecule has 0 N–H and O–H groups in total. The highest BCUT2D eigenvalue weighted by atomic mass is 15.4. The average Bonchev–Trinajstić information content (AvgIpc) is 3.20. The van der Waals surface area contributed by atoms with Crippen molar-refractivity contribution in [3.05, 3.63) is 101 Å². The molecule has 132 valence electrons. The van der Waals surface area contributed by atoms with E-state index in [0.717, 1.165) is 37.1 Å². The first kappa shape index (κ1) is 16.0. The molecule has 27 heavy (non-hydrogen) atoms. The topological polar surface area (TPSA) is 30.7 Å². The van der Waals surface area contributed by atoms with E-state index in [2.05, 4.69) is 64.9 Å². The molecule has 1 aromatic heterocycles. The van der Waals surface area contributed by atoms with Gasteiger partial charge >= 0.3 is 0 Å². The van der Waals surface area contributed by atoms with E-state index in [0.29, 0.717) is 0 Å². The van der Waals surface area contributed by atoms with E-state index in [1.54, 1.807) is 0 Å². The van der Waals surface area contributed by atoms with Crippen molar-refractivity contribution in [1.29, 1.82) is 0 Å². The molecule has 1 heterocycles. The smallest absolute Gasteiger partial charge is 0.0947 e. The van der Waals surface area contributed by atoms with E-state index < -0.39 is 0 Å². The van der Waals surface area contributed by atoms with E-state index in [1.807, 2.05) is 29.1 Å². The summed E-state index contributed by atoms with van der Waals surface area (Å²) in [5, 5.41) is 8.58. The first-order valence-corrected chi connectivity index (χ1v) is 9.53. The molecule has 8 rings (SSSR count). The monoisotopic (exact) mass is 351 g/mol. The minimum absolute atomic E-state index is 1.01. The third kappa shape index (κ3) is 3.17. The highest BCUT2D eigenvalue weighted by Gasteiger charge is 2.14. The lowest BCUT2D eigenvalue weighted by molar-refractivity contribution is 0.806. The van der Waals surface area contributed by atoms with Gasteiger partial charge in [0.05, 0.1) is 17.6 Å². The van der Waals surface area contributed by atoms with E-state index in [1.165, 1.54) is 27.8 Å². The first-order chi connectivity index (χ1) is 13.4. The number of aryl methyl sites for hydroxylation is 4. The van der Waals surface area contributed by atoms with Crippen LogP contribution >= 0.6 is 0 Å². The number of hydrogen-bond donors (Lipinski definition) is 0. The van der Waals surface area contributed by atoms with Gasteiger partial charge in [-0.2, -0.15) is 0 Å². The fourth-order valence-electron chi connectivity index (χ4n) is 3.85. The molecule has 0 atom stereocenters. The summed E-state index contributed by atoms with van der Waals surface area (Å²) >= 11 is 0. The molecule has 0 spiro atoms. The van der Waals surface area contributed by atoms with Crippen molar-refractivity contribution in [2.75, 3.05) is 0 Å². The summed E-state index contributed by atoms with van der Waals surface area (Å²) in [5.74, 6) is 0. The fraction of sp³-hybridized carbons (Fsp3) is 0.167. The Labute approximate surface area is 159 Å². The Balaban J connectivity index is 1.61. The predicted molar refractivity (Wildman–Crippen MR) is 108 cm³/mol. The molecule has 0 aliphatic heterocycles. The van der Waals surface area contributed by atoms with Gasteiger partial charge in [-0.05, 0) is 66.1 Å². The van der Waals surface area contributed by atoms with Gasteiger partial charge in [-0.25, -0.2) is 4.68 Å². The lowest BCUT2D eigenvalue weighted by atomic mass is 9.92. The molecule has 4 aliphatic carbocycles. The molecule has 0 unspecified atom stereocenters. The predicted octanol–water partition coefficient (Wildman–Crippen LogP) is 4.82. The second-order valence-electron chi connectivity index (χ2n) is 7.17. The zero-order valence-corrected chi connectivity index (χ0v) is 15.2. The van der Waals surface area contributed by atoms with Crippen LogP contribution < -0.4 is 0 Å². The van der Waals surface area contributed by atoms with Crippen molar-refractivity contribution >= 4 is 0 Å². The summed E-state index contributed by atoms with van der Waals surface area (Å²) in [6, 6.07) is 26.2. The Bertz CT molecular complexity index is 1060. The highest BCUT2D eigenvalue weighted by molar-refractivity contribution is 5.66. The lowest BCUT2D eigenvalue weighted by Crippen LogP contribution is -2.04. The van der Waals surface area contributed by atoms with Gasteiger partial charge in [0.2, 0.25) is 0 Å². The summed E-state index contributed by atoms with van der Waals surface area (Å²) in [5.41, 5.74) is 8.85. The van der Waals surface area contributed by atoms with Crippen LogP contribution in [0.2, 0.25) is 0 Å². The van der Waals surface area contributed by atoms with E-state index in [9.17, 15) is 0 Å². The Hall–Kier alpha value is -3.20. The third-order valence-electron chi connectivity index (χ3n) is 5.41. The molecule has 4 aliphatic rings. The Kier molecular flexibility index (Phi) is 4.06.